The highest BCUT2D eigenvalue weighted by Crippen LogP contribution is 2.26. The van der Waals surface area contributed by atoms with Gasteiger partial charge in [-0.25, -0.2) is 0 Å². The van der Waals surface area contributed by atoms with E-state index in [0.29, 0.717) is 5.02 Å². The quantitative estimate of drug-likeness (QED) is 0.880. The fourth-order valence-corrected chi connectivity index (χ4v) is 2.08. The van der Waals surface area contributed by atoms with Crippen molar-refractivity contribution in [1.29, 1.82) is 0 Å². The molecule has 0 aliphatic rings. The summed E-state index contributed by atoms with van der Waals surface area (Å²) >= 11 is 5.96. The Morgan fingerprint density at radius 1 is 1.11 bits per heavy atom. The van der Waals surface area contributed by atoms with E-state index in [0.717, 1.165) is 11.3 Å². The van der Waals surface area contributed by atoms with Crippen molar-refractivity contribution in [2.45, 2.75) is 12.5 Å². The number of rotatable bonds is 4. The molecule has 0 aliphatic carbocycles. The Bertz CT molecular complexity index is 515. The molecule has 0 bridgehead atoms. The lowest BCUT2D eigenvalue weighted by Crippen LogP contribution is -2.35. The predicted octanol–water partition coefficient (Wildman–Crippen LogP) is 3.66. The molecule has 2 aromatic rings. The van der Waals surface area contributed by atoms with Crippen LogP contribution in [0, 0.1) is 0 Å². The van der Waals surface area contributed by atoms with E-state index < -0.39 is 5.54 Å². The number of hydrogen-bond acceptors (Lipinski definition) is 2. The molecule has 0 heterocycles. The average molecular weight is 262 g/mol. The molecule has 0 fully saturated rings. The molecule has 0 amide bonds. The van der Waals surface area contributed by atoms with Crippen molar-refractivity contribution in [2.75, 3.05) is 11.9 Å². The third-order valence-electron chi connectivity index (χ3n) is 2.97. The zero-order valence-electron chi connectivity index (χ0n) is 10.2. The Morgan fingerprint density at radius 2 is 1.83 bits per heavy atom. The number of nitrogens with one attached hydrogen (secondary N) is 1. The standard InChI is InChI=1S/C15H16ClNO/c1-15(11-18,12-6-3-2-4-7-12)17-14-9-5-8-13(16)10-14/h2-10,17-18H,11H2,1H3. The van der Waals surface area contributed by atoms with Gasteiger partial charge in [0, 0.05) is 10.7 Å². The Morgan fingerprint density at radius 3 is 2.44 bits per heavy atom. The molecule has 18 heavy (non-hydrogen) atoms. The van der Waals surface area contributed by atoms with Crippen LogP contribution in [0.4, 0.5) is 5.69 Å². The van der Waals surface area contributed by atoms with Gasteiger partial charge in [-0.15, -0.1) is 0 Å². The minimum absolute atomic E-state index is 0.00350. The number of benzene rings is 2. The van der Waals surface area contributed by atoms with Crippen molar-refractivity contribution >= 4 is 17.3 Å². The summed E-state index contributed by atoms with van der Waals surface area (Å²) in [5.74, 6) is 0. The number of hydrogen-bond donors (Lipinski definition) is 2. The summed E-state index contributed by atoms with van der Waals surface area (Å²) in [7, 11) is 0. The first-order valence-corrected chi connectivity index (χ1v) is 6.22. The van der Waals surface area contributed by atoms with E-state index in [1.807, 2.05) is 61.5 Å². The van der Waals surface area contributed by atoms with Crippen LogP contribution in [0.3, 0.4) is 0 Å². The van der Waals surface area contributed by atoms with Crippen LogP contribution >= 0.6 is 11.6 Å². The first-order valence-electron chi connectivity index (χ1n) is 5.84. The zero-order chi connectivity index (χ0) is 13.0. The lowest BCUT2D eigenvalue weighted by Gasteiger charge is -2.30. The molecule has 0 radical (unpaired) electrons. The summed E-state index contributed by atoms with van der Waals surface area (Å²) in [6.45, 7) is 1.97. The Hall–Kier alpha value is -1.51. The third-order valence-corrected chi connectivity index (χ3v) is 3.21. The monoisotopic (exact) mass is 261 g/mol. The van der Waals surface area contributed by atoms with Crippen LogP contribution in [0.25, 0.3) is 0 Å². The van der Waals surface area contributed by atoms with Gasteiger partial charge in [0.05, 0.1) is 12.1 Å². The second-order valence-electron chi connectivity index (χ2n) is 4.49. The maximum Gasteiger partial charge on any atom is 0.0828 e. The van der Waals surface area contributed by atoms with Crippen LogP contribution in [0.15, 0.2) is 54.6 Å². The summed E-state index contributed by atoms with van der Waals surface area (Å²) in [5, 5.41) is 13.7. The minimum atomic E-state index is -0.522. The topological polar surface area (TPSA) is 32.3 Å². The molecule has 94 valence electrons. The Labute approximate surface area is 112 Å². The summed E-state index contributed by atoms with van der Waals surface area (Å²) in [4.78, 5) is 0. The van der Waals surface area contributed by atoms with Gasteiger partial charge in [0.25, 0.3) is 0 Å². The molecular formula is C15H16ClNO. The molecule has 2 aromatic carbocycles. The fraction of sp³-hybridized carbons (Fsp3) is 0.200. The van der Waals surface area contributed by atoms with Gasteiger partial charge in [0.15, 0.2) is 0 Å². The smallest absolute Gasteiger partial charge is 0.0828 e. The van der Waals surface area contributed by atoms with E-state index in [4.69, 9.17) is 11.6 Å². The van der Waals surface area contributed by atoms with Crippen molar-refractivity contribution in [1.82, 2.24) is 0 Å². The van der Waals surface area contributed by atoms with E-state index in [1.165, 1.54) is 0 Å². The highest BCUT2D eigenvalue weighted by Gasteiger charge is 2.25. The van der Waals surface area contributed by atoms with Crippen LogP contribution in [-0.2, 0) is 5.54 Å². The molecule has 0 saturated heterocycles. The zero-order valence-corrected chi connectivity index (χ0v) is 11.0. The van der Waals surface area contributed by atoms with Gasteiger partial charge >= 0.3 is 0 Å². The van der Waals surface area contributed by atoms with Gasteiger partial charge in [-0.1, -0.05) is 48.0 Å². The summed E-state index contributed by atoms with van der Waals surface area (Å²) in [5.41, 5.74) is 1.40. The number of aliphatic hydroxyl groups is 1. The molecule has 1 unspecified atom stereocenters. The van der Waals surface area contributed by atoms with Crippen LogP contribution in [0.1, 0.15) is 12.5 Å². The first kappa shape index (κ1) is 12.9. The molecule has 0 aliphatic heterocycles. The highest BCUT2D eigenvalue weighted by atomic mass is 35.5. The van der Waals surface area contributed by atoms with Gasteiger partial charge in [-0.2, -0.15) is 0 Å². The van der Waals surface area contributed by atoms with Crippen LogP contribution < -0.4 is 5.32 Å². The van der Waals surface area contributed by atoms with Gasteiger partial charge < -0.3 is 10.4 Å². The van der Waals surface area contributed by atoms with Crippen LogP contribution in [0.2, 0.25) is 5.02 Å². The predicted molar refractivity (Wildman–Crippen MR) is 76.0 cm³/mol. The summed E-state index contributed by atoms with van der Waals surface area (Å²) in [6, 6.07) is 17.4. The molecule has 2 N–H and O–H groups in total. The van der Waals surface area contributed by atoms with Crippen LogP contribution in [0.5, 0.6) is 0 Å². The summed E-state index contributed by atoms with van der Waals surface area (Å²) in [6.07, 6.45) is 0. The van der Waals surface area contributed by atoms with E-state index in [1.54, 1.807) is 0 Å². The van der Waals surface area contributed by atoms with Crippen molar-refractivity contribution in [2.24, 2.45) is 0 Å². The van der Waals surface area contributed by atoms with Crippen molar-refractivity contribution in [3.05, 3.63) is 65.2 Å². The SMILES string of the molecule is CC(CO)(Nc1cccc(Cl)c1)c1ccccc1. The van der Waals surface area contributed by atoms with Gasteiger partial charge in [-0.3, -0.25) is 0 Å². The molecule has 0 spiro atoms. The number of anilines is 1. The Balaban J connectivity index is 2.29. The maximum atomic E-state index is 9.67. The summed E-state index contributed by atoms with van der Waals surface area (Å²) < 4.78 is 0. The molecule has 3 heteroatoms. The lowest BCUT2D eigenvalue weighted by atomic mass is 9.92. The van der Waals surface area contributed by atoms with Gasteiger partial charge in [-0.05, 0) is 30.7 Å². The molecule has 1 atom stereocenters. The molecule has 2 rings (SSSR count). The van der Waals surface area contributed by atoms with E-state index in [2.05, 4.69) is 5.32 Å². The van der Waals surface area contributed by atoms with Gasteiger partial charge in [0.2, 0.25) is 0 Å². The first-order chi connectivity index (χ1) is 8.64. The molecule has 0 aromatic heterocycles. The van der Waals surface area contributed by atoms with Crippen molar-refractivity contribution in [3.63, 3.8) is 0 Å². The van der Waals surface area contributed by atoms with Crippen molar-refractivity contribution in [3.8, 4) is 0 Å². The second kappa shape index (κ2) is 5.42. The second-order valence-corrected chi connectivity index (χ2v) is 4.93. The third kappa shape index (κ3) is 2.84. The normalized spacial score (nSPS) is 13.9. The maximum absolute atomic E-state index is 9.67. The molecular weight excluding hydrogens is 246 g/mol. The highest BCUT2D eigenvalue weighted by molar-refractivity contribution is 6.30. The minimum Gasteiger partial charge on any atom is -0.394 e. The van der Waals surface area contributed by atoms with Crippen LogP contribution in [-0.4, -0.2) is 11.7 Å². The fourth-order valence-electron chi connectivity index (χ4n) is 1.89. The van der Waals surface area contributed by atoms with E-state index in [9.17, 15) is 5.11 Å². The Kier molecular flexibility index (Phi) is 3.90. The number of halogens is 1. The number of aliphatic hydroxyl groups excluding tert-OH is 1. The van der Waals surface area contributed by atoms with E-state index >= 15 is 0 Å². The van der Waals surface area contributed by atoms with Crippen molar-refractivity contribution < 1.29 is 5.11 Å². The largest absolute Gasteiger partial charge is 0.394 e. The lowest BCUT2D eigenvalue weighted by molar-refractivity contribution is 0.224. The van der Waals surface area contributed by atoms with Gasteiger partial charge in [0.1, 0.15) is 0 Å². The molecule has 2 nitrogen and oxygen atoms in total. The van der Waals surface area contributed by atoms with E-state index in [-0.39, 0.29) is 6.61 Å². The average Bonchev–Trinajstić information content (AvgIpc) is 2.39. The molecule has 0 saturated carbocycles.